The van der Waals surface area contributed by atoms with Gasteiger partial charge in [-0.15, -0.1) is 12.4 Å². The maximum absolute atomic E-state index is 11.1. The van der Waals surface area contributed by atoms with Crippen LogP contribution in [-0.2, 0) is 16.1 Å². The maximum atomic E-state index is 11.1. The van der Waals surface area contributed by atoms with Crippen LogP contribution in [0.25, 0.3) is 0 Å². The lowest BCUT2D eigenvalue weighted by Gasteiger charge is -2.11. The van der Waals surface area contributed by atoms with Crippen molar-refractivity contribution in [2.75, 3.05) is 14.2 Å². The van der Waals surface area contributed by atoms with Gasteiger partial charge in [-0.2, -0.15) is 0 Å². The second-order valence-corrected chi connectivity index (χ2v) is 3.47. The lowest BCUT2D eigenvalue weighted by molar-refractivity contribution is -0.142. The minimum atomic E-state index is -0.299. The van der Waals surface area contributed by atoms with E-state index in [1.54, 1.807) is 14.0 Å². The molecule has 4 nitrogen and oxygen atoms in total. The van der Waals surface area contributed by atoms with Crippen molar-refractivity contribution in [2.45, 2.75) is 19.5 Å². The Morgan fingerprint density at radius 2 is 1.88 bits per heavy atom. The number of carbonyl (C=O) groups excluding carboxylic acids is 1. The Morgan fingerprint density at radius 3 is 2.35 bits per heavy atom. The van der Waals surface area contributed by atoms with Crippen molar-refractivity contribution in [1.29, 1.82) is 0 Å². The summed E-state index contributed by atoms with van der Waals surface area (Å²) >= 11 is 0. The predicted octanol–water partition coefficient (Wildman–Crippen LogP) is 1.77. The van der Waals surface area contributed by atoms with Gasteiger partial charge in [0.05, 0.1) is 14.2 Å². The second kappa shape index (κ2) is 7.92. The van der Waals surface area contributed by atoms with E-state index in [9.17, 15) is 4.79 Å². The summed E-state index contributed by atoms with van der Waals surface area (Å²) in [6, 6.07) is 7.39. The van der Waals surface area contributed by atoms with E-state index in [1.165, 1.54) is 7.11 Å². The van der Waals surface area contributed by atoms with Gasteiger partial charge < -0.3 is 14.8 Å². The Kier molecular flexibility index (Phi) is 7.34. The third kappa shape index (κ3) is 5.06. The van der Waals surface area contributed by atoms with Crippen molar-refractivity contribution in [3.05, 3.63) is 29.8 Å². The van der Waals surface area contributed by atoms with Crippen LogP contribution in [-0.4, -0.2) is 26.2 Å². The molecule has 0 aromatic heterocycles. The fraction of sp³-hybridized carbons (Fsp3) is 0.417. The fourth-order valence-electron chi connectivity index (χ4n) is 1.27. The van der Waals surface area contributed by atoms with Gasteiger partial charge in [-0.05, 0) is 24.6 Å². The van der Waals surface area contributed by atoms with Gasteiger partial charge in [-0.3, -0.25) is 4.79 Å². The number of carbonyl (C=O) groups is 1. The summed E-state index contributed by atoms with van der Waals surface area (Å²) in [5.41, 5.74) is 1.09. The van der Waals surface area contributed by atoms with Crippen molar-refractivity contribution >= 4 is 18.4 Å². The zero-order chi connectivity index (χ0) is 12.0. The average Bonchev–Trinajstić information content (AvgIpc) is 2.35. The Morgan fingerprint density at radius 1 is 1.29 bits per heavy atom. The molecule has 0 spiro atoms. The second-order valence-electron chi connectivity index (χ2n) is 3.47. The molecule has 1 unspecified atom stereocenters. The summed E-state index contributed by atoms with van der Waals surface area (Å²) in [4.78, 5) is 11.1. The van der Waals surface area contributed by atoms with Crippen molar-refractivity contribution in [3.8, 4) is 5.75 Å². The minimum Gasteiger partial charge on any atom is -0.497 e. The molecule has 0 saturated heterocycles. The van der Waals surface area contributed by atoms with Crippen molar-refractivity contribution in [1.82, 2.24) is 5.32 Å². The first-order chi connectivity index (χ1) is 7.67. The van der Waals surface area contributed by atoms with Gasteiger partial charge >= 0.3 is 5.97 Å². The molecular weight excluding hydrogens is 242 g/mol. The molecule has 0 aliphatic heterocycles. The van der Waals surface area contributed by atoms with Crippen LogP contribution in [0.1, 0.15) is 12.5 Å². The van der Waals surface area contributed by atoms with E-state index in [4.69, 9.17) is 4.74 Å². The largest absolute Gasteiger partial charge is 0.497 e. The Bertz CT molecular complexity index is 340. The van der Waals surface area contributed by atoms with Crippen molar-refractivity contribution in [3.63, 3.8) is 0 Å². The molecule has 96 valence electrons. The van der Waals surface area contributed by atoms with E-state index >= 15 is 0 Å². The van der Waals surface area contributed by atoms with E-state index in [1.807, 2.05) is 24.3 Å². The Labute approximate surface area is 108 Å². The molecule has 0 radical (unpaired) electrons. The number of benzene rings is 1. The summed E-state index contributed by atoms with van der Waals surface area (Å²) < 4.78 is 9.67. The normalized spacial score (nSPS) is 11.2. The molecule has 0 fully saturated rings. The van der Waals surface area contributed by atoms with Crippen LogP contribution in [0.4, 0.5) is 0 Å². The molecule has 1 aromatic carbocycles. The molecular formula is C12H18ClNO3. The zero-order valence-electron chi connectivity index (χ0n) is 10.2. The molecule has 17 heavy (non-hydrogen) atoms. The van der Waals surface area contributed by atoms with Crippen LogP contribution in [0.5, 0.6) is 5.75 Å². The van der Waals surface area contributed by atoms with E-state index in [-0.39, 0.29) is 24.4 Å². The number of ether oxygens (including phenoxy) is 2. The van der Waals surface area contributed by atoms with Gasteiger partial charge in [0.25, 0.3) is 0 Å². The van der Waals surface area contributed by atoms with Crippen LogP contribution in [0.2, 0.25) is 0 Å². The van der Waals surface area contributed by atoms with Crippen LogP contribution >= 0.6 is 12.4 Å². The van der Waals surface area contributed by atoms with Gasteiger partial charge in [-0.1, -0.05) is 12.1 Å². The van der Waals surface area contributed by atoms with Gasteiger partial charge in [0.1, 0.15) is 11.8 Å². The van der Waals surface area contributed by atoms with Gasteiger partial charge in [0.15, 0.2) is 0 Å². The quantitative estimate of drug-likeness (QED) is 0.819. The van der Waals surface area contributed by atoms with Crippen LogP contribution in [0.3, 0.4) is 0 Å². The van der Waals surface area contributed by atoms with E-state index in [0.717, 1.165) is 11.3 Å². The average molecular weight is 260 g/mol. The molecule has 1 rings (SSSR count). The van der Waals surface area contributed by atoms with E-state index < -0.39 is 0 Å². The minimum absolute atomic E-state index is 0. The van der Waals surface area contributed by atoms with Crippen LogP contribution < -0.4 is 10.1 Å². The standard InChI is InChI=1S/C12H17NO3.ClH/c1-9(12(14)16-3)13-8-10-4-6-11(15-2)7-5-10;/h4-7,9,13H,8H2,1-3H3;1H. The maximum Gasteiger partial charge on any atom is 0.322 e. The molecule has 0 bridgehead atoms. The number of halogens is 1. The summed E-state index contributed by atoms with van der Waals surface area (Å²) in [7, 11) is 3.01. The molecule has 0 amide bonds. The van der Waals surface area contributed by atoms with Gasteiger partial charge in [0, 0.05) is 6.54 Å². The van der Waals surface area contributed by atoms with Gasteiger partial charge in [0.2, 0.25) is 0 Å². The Hall–Kier alpha value is -1.26. The van der Waals surface area contributed by atoms with Gasteiger partial charge in [-0.25, -0.2) is 0 Å². The summed E-state index contributed by atoms with van der Waals surface area (Å²) in [6.45, 7) is 2.40. The van der Waals surface area contributed by atoms with Crippen molar-refractivity contribution < 1.29 is 14.3 Å². The lowest BCUT2D eigenvalue weighted by atomic mass is 10.2. The fourth-order valence-corrected chi connectivity index (χ4v) is 1.27. The van der Waals surface area contributed by atoms with Crippen LogP contribution in [0, 0.1) is 0 Å². The number of rotatable bonds is 5. The Balaban J connectivity index is 0.00000256. The summed E-state index contributed by atoms with van der Waals surface area (Å²) in [5, 5.41) is 3.07. The monoisotopic (exact) mass is 259 g/mol. The molecule has 1 N–H and O–H groups in total. The first-order valence-corrected chi connectivity index (χ1v) is 5.11. The molecule has 0 heterocycles. The predicted molar refractivity (Wildman–Crippen MR) is 68.6 cm³/mol. The molecule has 0 aliphatic rings. The van der Waals surface area contributed by atoms with Crippen molar-refractivity contribution in [2.24, 2.45) is 0 Å². The smallest absolute Gasteiger partial charge is 0.322 e. The summed E-state index contributed by atoms with van der Waals surface area (Å²) in [6.07, 6.45) is 0. The number of methoxy groups -OCH3 is 2. The number of nitrogens with one attached hydrogen (secondary N) is 1. The van der Waals surface area contributed by atoms with E-state index in [2.05, 4.69) is 10.1 Å². The highest BCUT2D eigenvalue weighted by Crippen LogP contribution is 2.11. The third-order valence-corrected chi connectivity index (χ3v) is 2.33. The highest BCUT2D eigenvalue weighted by molar-refractivity contribution is 5.85. The summed E-state index contributed by atoms with van der Waals surface area (Å²) in [5.74, 6) is 0.568. The van der Waals surface area contributed by atoms with Crippen LogP contribution in [0.15, 0.2) is 24.3 Å². The third-order valence-electron chi connectivity index (χ3n) is 2.33. The number of hydrogen-bond donors (Lipinski definition) is 1. The first-order valence-electron chi connectivity index (χ1n) is 5.11. The SMILES string of the molecule is COC(=O)C(C)NCc1ccc(OC)cc1.Cl. The van der Waals surface area contributed by atoms with E-state index in [0.29, 0.717) is 6.54 Å². The number of hydrogen-bond acceptors (Lipinski definition) is 4. The topological polar surface area (TPSA) is 47.6 Å². The highest BCUT2D eigenvalue weighted by Gasteiger charge is 2.11. The molecule has 1 atom stereocenters. The number of esters is 1. The molecule has 5 heteroatoms. The molecule has 0 saturated carbocycles. The molecule has 1 aromatic rings. The molecule has 0 aliphatic carbocycles. The zero-order valence-corrected chi connectivity index (χ0v) is 11.0. The highest BCUT2D eigenvalue weighted by atomic mass is 35.5. The first kappa shape index (κ1) is 15.7. The lowest BCUT2D eigenvalue weighted by Crippen LogP contribution is -2.34.